The number of nitrogens with one attached hydrogen (secondary N) is 1. The van der Waals surface area contributed by atoms with Crippen LogP contribution >= 0.6 is 0 Å². The number of hydrogen-bond acceptors (Lipinski definition) is 9. The normalized spacial score (nSPS) is 13.7. The first-order valence-electron chi connectivity index (χ1n) is 12.8. The summed E-state index contributed by atoms with van der Waals surface area (Å²) in [4.78, 5) is 52.6. The van der Waals surface area contributed by atoms with E-state index in [9.17, 15) is 14.4 Å². The molecule has 0 bridgehead atoms. The number of pyridine rings is 2. The predicted octanol–water partition coefficient (Wildman–Crippen LogP) is 3.72. The van der Waals surface area contributed by atoms with E-state index in [1.165, 1.54) is 6.92 Å². The summed E-state index contributed by atoms with van der Waals surface area (Å²) in [6.45, 7) is 3.57. The Labute approximate surface area is 215 Å². The lowest BCUT2D eigenvalue weighted by Gasteiger charge is -2.20. The number of rotatable bonds is 11. The number of ketones is 2. The number of anilines is 3. The first kappa shape index (κ1) is 26.4. The van der Waals surface area contributed by atoms with Crippen molar-refractivity contribution < 1.29 is 14.7 Å². The van der Waals surface area contributed by atoms with Gasteiger partial charge in [-0.3, -0.25) is 19.0 Å². The zero-order valence-electron chi connectivity index (χ0n) is 21.7. The molecule has 0 aromatic carbocycles. The van der Waals surface area contributed by atoms with Crippen LogP contribution in [0.3, 0.4) is 0 Å². The average molecular weight is 507 g/mol. The third-order valence-electron chi connectivity index (χ3n) is 7.05. The third kappa shape index (κ3) is 5.85. The van der Waals surface area contributed by atoms with E-state index in [4.69, 9.17) is 10.1 Å². The van der Waals surface area contributed by atoms with Gasteiger partial charge in [-0.15, -0.1) is 0 Å². The first-order chi connectivity index (χ1) is 17.8. The Morgan fingerprint density at radius 2 is 1.92 bits per heavy atom. The van der Waals surface area contributed by atoms with Crippen LogP contribution in [0.1, 0.15) is 73.8 Å². The van der Waals surface area contributed by atoms with Crippen molar-refractivity contribution in [3.05, 3.63) is 46.0 Å². The molecule has 0 atom stereocenters. The average Bonchev–Trinajstić information content (AvgIpc) is 3.41. The molecule has 3 aromatic rings. The van der Waals surface area contributed by atoms with Crippen LogP contribution in [0, 0.1) is 6.92 Å². The van der Waals surface area contributed by atoms with E-state index >= 15 is 0 Å². The molecular formula is C27H34N6O4. The van der Waals surface area contributed by atoms with Crippen molar-refractivity contribution in [1.29, 1.82) is 0 Å². The highest BCUT2D eigenvalue weighted by Gasteiger charge is 2.25. The molecule has 37 heavy (non-hydrogen) atoms. The summed E-state index contributed by atoms with van der Waals surface area (Å²) in [6, 6.07) is 3.79. The molecule has 196 valence electrons. The van der Waals surface area contributed by atoms with Gasteiger partial charge in [0.1, 0.15) is 18.1 Å². The van der Waals surface area contributed by atoms with Gasteiger partial charge < -0.3 is 15.3 Å². The summed E-state index contributed by atoms with van der Waals surface area (Å²) in [5.41, 5.74) is 2.01. The van der Waals surface area contributed by atoms with Crippen LogP contribution < -0.4 is 15.8 Å². The number of carbonyl (C=O) groups excluding carboxylic acids is 2. The van der Waals surface area contributed by atoms with Gasteiger partial charge in [0.05, 0.1) is 17.4 Å². The number of aromatic nitrogens is 4. The number of unbranched alkanes of at least 4 members (excludes halogenated alkanes) is 1. The van der Waals surface area contributed by atoms with Crippen molar-refractivity contribution in [2.75, 3.05) is 30.4 Å². The predicted molar refractivity (Wildman–Crippen MR) is 143 cm³/mol. The van der Waals surface area contributed by atoms with Gasteiger partial charge in [-0.25, -0.2) is 9.97 Å². The minimum Gasteiger partial charge on any atom is -0.389 e. The lowest BCUT2D eigenvalue weighted by atomic mass is 10.0. The number of aliphatic hydroxyl groups is 1. The minimum atomic E-state index is -0.396. The summed E-state index contributed by atoms with van der Waals surface area (Å²) in [5.74, 6) is 0.518. The van der Waals surface area contributed by atoms with Crippen LogP contribution in [-0.2, 0) is 4.79 Å². The van der Waals surface area contributed by atoms with E-state index in [1.54, 1.807) is 23.9 Å². The van der Waals surface area contributed by atoms with E-state index < -0.39 is 6.61 Å². The Morgan fingerprint density at radius 1 is 1.16 bits per heavy atom. The van der Waals surface area contributed by atoms with Crippen molar-refractivity contribution >= 4 is 40.1 Å². The fraction of sp³-hybridized carbons (Fsp3) is 0.481. The maximum atomic E-state index is 13.4. The minimum absolute atomic E-state index is 0.0196. The SMILES string of the molecule is CC(=O)c1c(C)c2cnc(Nc3ccc(N(C)CCCCC(=O)CO)cn3)nc2n(C2CCCC2)c1=O. The van der Waals surface area contributed by atoms with Crippen LogP contribution in [-0.4, -0.2) is 56.4 Å². The van der Waals surface area contributed by atoms with Crippen molar-refractivity contribution in [2.45, 2.75) is 64.8 Å². The Balaban J connectivity index is 1.54. The zero-order valence-corrected chi connectivity index (χ0v) is 21.7. The molecule has 10 nitrogen and oxygen atoms in total. The molecule has 3 heterocycles. The molecule has 0 saturated heterocycles. The van der Waals surface area contributed by atoms with Crippen LogP contribution in [0.25, 0.3) is 11.0 Å². The fourth-order valence-corrected chi connectivity index (χ4v) is 4.99. The lowest BCUT2D eigenvalue weighted by molar-refractivity contribution is -0.121. The summed E-state index contributed by atoms with van der Waals surface area (Å²) in [5, 5.41) is 12.6. The lowest BCUT2D eigenvalue weighted by Crippen LogP contribution is -2.30. The number of carbonyl (C=O) groups is 2. The number of fused-ring (bicyclic) bond motifs is 1. The number of Topliss-reactive ketones (excluding diaryl/α,β-unsaturated/α-hetero) is 2. The highest BCUT2D eigenvalue weighted by Crippen LogP contribution is 2.32. The van der Waals surface area contributed by atoms with Crippen molar-refractivity contribution in [2.24, 2.45) is 0 Å². The third-order valence-corrected chi connectivity index (χ3v) is 7.05. The molecule has 0 aliphatic heterocycles. The number of aliphatic hydroxyl groups excluding tert-OH is 1. The Kier molecular flexibility index (Phi) is 8.27. The largest absolute Gasteiger partial charge is 0.389 e. The standard InChI is InChI=1S/C27H34N6O4/c1-17-22-15-29-27(31-25(22)33(19-8-4-5-9-19)26(37)24(17)18(2)35)30-23-12-11-20(14-28-23)32(3)13-7-6-10-21(36)16-34/h11-12,14-15,19,34H,4-10,13,16H2,1-3H3,(H,28,29,30,31). The van der Waals surface area contributed by atoms with Gasteiger partial charge in [0, 0.05) is 37.6 Å². The second-order valence-electron chi connectivity index (χ2n) is 9.70. The summed E-state index contributed by atoms with van der Waals surface area (Å²) < 4.78 is 1.69. The van der Waals surface area contributed by atoms with Gasteiger partial charge in [-0.2, -0.15) is 4.98 Å². The Morgan fingerprint density at radius 3 is 2.57 bits per heavy atom. The van der Waals surface area contributed by atoms with E-state index in [0.717, 1.165) is 50.8 Å². The van der Waals surface area contributed by atoms with Gasteiger partial charge in [0.15, 0.2) is 11.6 Å². The molecule has 2 N–H and O–H groups in total. The monoisotopic (exact) mass is 506 g/mol. The number of aryl methyl sites for hydroxylation is 1. The van der Waals surface area contributed by atoms with Crippen LogP contribution in [0.5, 0.6) is 0 Å². The summed E-state index contributed by atoms with van der Waals surface area (Å²) >= 11 is 0. The molecule has 4 rings (SSSR count). The molecule has 0 spiro atoms. The smallest absolute Gasteiger partial charge is 0.263 e. The van der Waals surface area contributed by atoms with E-state index in [2.05, 4.69) is 20.2 Å². The molecular weight excluding hydrogens is 472 g/mol. The van der Waals surface area contributed by atoms with Crippen molar-refractivity contribution in [3.8, 4) is 0 Å². The number of hydrogen-bond donors (Lipinski definition) is 2. The van der Waals surface area contributed by atoms with Crippen LogP contribution in [0.4, 0.5) is 17.5 Å². The highest BCUT2D eigenvalue weighted by molar-refractivity contribution is 5.99. The quantitative estimate of drug-likeness (QED) is 0.295. The second-order valence-corrected chi connectivity index (χ2v) is 9.70. The molecule has 1 aliphatic rings. The van der Waals surface area contributed by atoms with E-state index in [0.29, 0.717) is 34.8 Å². The van der Waals surface area contributed by atoms with Crippen molar-refractivity contribution in [3.63, 3.8) is 0 Å². The molecule has 1 aliphatic carbocycles. The van der Waals surface area contributed by atoms with Gasteiger partial charge >= 0.3 is 0 Å². The molecule has 1 saturated carbocycles. The summed E-state index contributed by atoms with van der Waals surface area (Å²) in [7, 11) is 1.96. The first-order valence-corrected chi connectivity index (χ1v) is 12.8. The zero-order chi connectivity index (χ0) is 26.5. The summed E-state index contributed by atoms with van der Waals surface area (Å²) in [6.07, 6.45) is 9.23. The molecule has 10 heteroatoms. The molecule has 1 fully saturated rings. The Hall–Kier alpha value is -3.66. The molecule has 0 radical (unpaired) electrons. The van der Waals surface area contributed by atoms with Crippen LogP contribution in [0.15, 0.2) is 29.3 Å². The van der Waals surface area contributed by atoms with Crippen LogP contribution in [0.2, 0.25) is 0 Å². The number of nitrogens with zero attached hydrogens (tertiary/aromatic N) is 5. The van der Waals surface area contributed by atoms with Gasteiger partial charge in [-0.1, -0.05) is 12.8 Å². The second kappa shape index (κ2) is 11.6. The maximum Gasteiger partial charge on any atom is 0.263 e. The van der Waals surface area contributed by atoms with E-state index in [-0.39, 0.29) is 28.7 Å². The fourth-order valence-electron chi connectivity index (χ4n) is 4.99. The highest BCUT2D eigenvalue weighted by atomic mass is 16.3. The molecule has 0 amide bonds. The van der Waals surface area contributed by atoms with Crippen molar-refractivity contribution in [1.82, 2.24) is 19.5 Å². The van der Waals surface area contributed by atoms with E-state index in [1.807, 2.05) is 19.2 Å². The molecule has 0 unspecified atom stereocenters. The topological polar surface area (TPSA) is 130 Å². The maximum absolute atomic E-state index is 13.4. The van der Waals surface area contributed by atoms with Gasteiger partial charge in [0.25, 0.3) is 5.56 Å². The van der Waals surface area contributed by atoms with Gasteiger partial charge in [0.2, 0.25) is 5.95 Å². The molecule has 3 aromatic heterocycles. The van der Waals surface area contributed by atoms with Gasteiger partial charge in [-0.05, 0) is 57.2 Å². The Bertz CT molecular complexity index is 1350.